The second-order valence-electron chi connectivity index (χ2n) is 4.20. The minimum atomic E-state index is -0.0603. The maximum atomic E-state index is 11.1. The Balaban J connectivity index is 2.09. The predicted molar refractivity (Wildman–Crippen MR) is 82.2 cm³/mol. The van der Waals surface area contributed by atoms with E-state index in [1.165, 1.54) is 6.92 Å². The second kappa shape index (κ2) is 6.38. The number of rotatable bonds is 4. The van der Waals surface area contributed by atoms with Crippen LogP contribution in [0.25, 0.3) is 0 Å². The van der Waals surface area contributed by atoms with Crippen molar-refractivity contribution in [3.8, 4) is 0 Å². The fourth-order valence-corrected chi connectivity index (χ4v) is 2.18. The minimum absolute atomic E-state index is 0.0603. The first-order chi connectivity index (χ1) is 9.15. The van der Waals surface area contributed by atoms with Crippen molar-refractivity contribution in [2.45, 2.75) is 13.5 Å². The molecule has 2 N–H and O–H groups in total. The average Bonchev–Trinajstić information content (AvgIpc) is 2.37. The first kappa shape index (κ1) is 13.6. The van der Waals surface area contributed by atoms with Gasteiger partial charge in [-0.1, -0.05) is 40.2 Å². The number of hydrogen-bond acceptors (Lipinski definition) is 2. The lowest BCUT2D eigenvalue weighted by Gasteiger charge is -2.11. The van der Waals surface area contributed by atoms with Gasteiger partial charge in [0.25, 0.3) is 0 Å². The molecule has 0 heterocycles. The van der Waals surface area contributed by atoms with E-state index in [1.807, 2.05) is 48.5 Å². The number of anilines is 2. The van der Waals surface area contributed by atoms with Crippen molar-refractivity contribution in [3.05, 3.63) is 58.6 Å². The predicted octanol–water partition coefficient (Wildman–Crippen LogP) is 4.02. The highest BCUT2D eigenvalue weighted by molar-refractivity contribution is 9.10. The van der Waals surface area contributed by atoms with Gasteiger partial charge in [0.1, 0.15) is 0 Å². The highest BCUT2D eigenvalue weighted by Gasteiger charge is 2.03. The summed E-state index contributed by atoms with van der Waals surface area (Å²) in [6, 6.07) is 15.8. The van der Waals surface area contributed by atoms with Crippen LogP contribution < -0.4 is 10.6 Å². The molecule has 2 rings (SSSR count). The third kappa shape index (κ3) is 4.10. The normalized spacial score (nSPS) is 10.0. The molecule has 0 unspecified atom stereocenters. The molecule has 0 saturated carbocycles. The van der Waals surface area contributed by atoms with E-state index in [0.717, 1.165) is 21.4 Å². The van der Waals surface area contributed by atoms with Gasteiger partial charge in [0, 0.05) is 29.3 Å². The number of benzene rings is 2. The topological polar surface area (TPSA) is 41.1 Å². The van der Waals surface area contributed by atoms with Crippen molar-refractivity contribution in [2.75, 3.05) is 10.6 Å². The number of amides is 1. The van der Waals surface area contributed by atoms with Gasteiger partial charge >= 0.3 is 0 Å². The van der Waals surface area contributed by atoms with Gasteiger partial charge in [0.2, 0.25) is 5.91 Å². The standard InChI is InChI=1S/C15H15BrN2O/c1-11(19)18-15-8-3-2-5-12(15)10-17-14-7-4-6-13(16)9-14/h2-9,17H,10H2,1H3,(H,18,19). The van der Waals surface area contributed by atoms with Gasteiger partial charge in [0.05, 0.1) is 0 Å². The monoisotopic (exact) mass is 318 g/mol. The van der Waals surface area contributed by atoms with Crippen molar-refractivity contribution in [2.24, 2.45) is 0 Å². The number of para-hydroxylation sites is 1. The molecular formula is C15H15BrN2O. The van der Waals surface area contributed by atoms with Crippen LogP contribution in [0.5, 0.6) is 0 Å². The number of carbonyl (C=O) groups is 1. The average molecular weight is 319 g/mol. The van der Waals surface area contributed by atoms with Crippen LogP contribution in [0, 0.1) is 0 Å². The fourth-order valence-electron chi connectivity index (χ4n) is 1.78. The van der Waals surface area contributed by atoms with Crippen molar-refractivity contribution in [1.29, 1.82) is 0 Å². The summed E-state index contributed by atoms with van der Waals surface area (Å²) in [6.07, 6.45) is 0. The van der Waals surface area contributed by atoms with Crippen LogP contribution in [-0.4, -0.2) is 5.91 Å². The fraction of sp³-hybridized carbons (Fsp3) is 0.133. The van der Waals surface area contributed by atoms with E-state index in [-0.39, 0.29) is 5.91 Å². The molecular weight excluding hydrogens is 304 g/mol. The Labute approximate surface area is 121 Å². The molecule has 0 bridgehead atoms. The largest absolute Gasteiger partial charge is 0.381 e. The quantitative estimate of drug-likeness (QED) is 0.894. The molecule has 0 aliphatic rings. The van der Waals surface area contributed by atoms with Crippen molar-refractivity contribution >= 4 is 33.2 Å². The molecule has 0 radical (unpaired) electrons. The first-order valence-electron chi connectivity index (χ1n) is 6.00. The molecule has 0 saturated heterocycles. The van der Waals surface area contributed by atoms with Crippen LogP contribution in [0.2, 0.25) is 0 Å². The number of hydrogen-bond donors (Lipinski definition) is 2. The van der Waals surface area contributed by atoms with Gasteiger partial charge in [-0.25, -0.2) is 0 Å². The van der Waals surface area contributed by atoms with Crippen LogP contribution in [0.3, 0.4) is 0 Å². The third-order valence-corrected chi connectivity index (χ3v) is 3.13. The van der Waals surface area contributed by atoms with Gasteiger partial charge < -0.3 is 10.6 Å². The van der Waals surface area contributed by atoms with Gasteiger partial charge in [-0.05, 0) is 29.8 Å². The molecule has 0 aromatic heterocycles. The molecule has 2 aromatic carbocycles. The first-order valence-corrected chi connectivity index (χ1v) is 6.79. The minimum Gasteiger partial charge on any atom is -0.381 e. The van der Waals surface area contributed by atoms with Gasteiger partial charge in [-0.2, -0.15) is 0 Å². The number of carbonyl (C=O) groups excluding carboxylic acids is 1. The summed E-state index contributed by atoms with van der Waals surface area (Å²) in [5.74, 6) is -0.0603. The summed E-state index contributed by atoms with van der Waals surface area (Å²) in [4.78, 5) is 11.1. The van der Waals surface area contributed by atoms with Crippen molar-refractivity contribution in [1.82, 2.24) is 0 Å². The van der Waals surface area contributed by atoms with Gasteiger partial charge in [-0.15, -0.1) is 0 Å². The molecule has 3 nitrogen and oxygen atoms in total. The SMILES string of the molecule is CC(=O)Nc1ccccc1CNc1cccc(Br)c1. The zero-order valence-corrected chi connectivity index (χ0v) is 12.2. The van der Waals surface area contributed by atoms with Gasteiger partial charge in [0.15, 0.2) is 0 Å². The molecule has 2 aromatic rings. The van der Waals surface area contributed by atoms with E-state index in [1.54, 1.807) is 0 Å². The molecule has 98 valence electrons. The zero-order valence-electron chi connectivity index (χ0n) is 10.6. The summed E-state index contributed by atoms with van der Waals surface area (Å²) in [5, 5.41) is 6.17. The Kier molecular flexibility index (Phi) is 4.58. The van der Waals surface area contributed by atoms with E-state index >= 15 is 0 Å². The van der Waals surface area contributed by atoms with Crippen LogP contribution >= 0.6 is 15.9 Å². The number of halogens is 1. The maximum Gasteiger partial charge on any atom is 0.221 e. The van der Waals surface area contributed by atoms with E-state index in [2.05, 4.69) is 26.6 Å². The van der Waals surface area contributed by atoms with E-state index < -0.39 is 0 Å². The summed E-state index contributed by atoms with van der Waals surface area (Å²) >= 11 is 3.44. The Morgan fingerprint density at radius 2 is 1.95 bits per heavy atom. The van der Waals surface area contributed by atoms with Crippen molar-refractivity contribution in [3.63, 3.8) is 0 Å². The smallest absolute Gasteiger partial charge is 0.221 e. The summed E-state index contributed by atoms with van der Waals surface area (Å²) in [5.41, 5.74) is 2.93. The Hall–Kier alpha value is -1.81. The molecule has 0 spiro atoms. The third-order valence-electron chi connectivity index (χ3n) is 2.64. The van der Waals surface area contributed by atoms with Crippen LogP contribution in [-0.2, 0) is 11.3 Å². The van der Waals surface area contributed by atoms with Gasteiger partial charge in [-0.3, -0.25) is 4.79 Å². The summed E-state index contributed by atoms with van der Waals surface area (Å²) in [6.45, 7) is 2.17. The van der Waals surface area contributed by atoms with E-state index in [0.29, 0.717) is 6.54 Å². The molecule has 4 heteroatoms. The Bertz CT molecular complexity index is 584. The molecule has 0 fully saturated rings. The molecule has 0 atom stereocenters. The van der Waals surface area contributed by atoms with Crippen molar-refractivity contribution < 1.29 is 4.79 Å². The van der Waals surface area contributed by atoms with E-state index in [9.17, 15) is 4.79 Å². The lowest BCUT2D eigenvalue weighted by Crippen LogP contribution is -2.10. The molecule has 0 aliphatic carbocycles. The second-order valence-corrected chi connectivity index (χ2v) is 5.12. The maximum absolute atomic E-state index is 11.1. The highest BCUT2D eigenvalue weighted by Crippen LogP contribution is 2.19. The zero-order chi connectivity index (χ0) is 13.7. The Morgan fingerprint density at radius 1 is 1.16 bits per heavy atom. The lowest BCUT2D eigenvalue weighted by molar-refractivity contribution is -0.114. The van der Waals surface area contributed by atoms with Crippen LogP contribution in [0.4, 0.5) is 11.4 Å². The number of nitrogens with one attached hydrogen (secondary N) is 2. The summed E-state index contributed by atoms with van der Waals surface area (Å²) < 4.78 is 1.03. The molecule has 1 amide bonds. The highest BCUT2D eigenvalue weighted by atomic mass is 79.9. The molecule has 19 heavy (non-hydrogen) atoms. The van der Waals surface area contributed by atoms with E-state index in [4.69, 9.17) is 0 Å². The van der Waals surface area contributed by atoms with Crippen LogP contribution in [0.15, 0.2) is 53.0 Å². The lowest BCUT2D eigenvalue weighted by atomic mass is 10.1. The Morgan fingerprint density at radius 3 is 2.68 bits per heavy atom. The summed E-state index contributed by atoms with van der Waals surface area (Å²) in [7, 11) is 0. The molecule has 0 aliphatic heterocycles. The van der Waals surface area contributed by atoms with Crippen LogP contribution in [0.1, 0.15) is 12.5 Å².